The summed E-state index contributed by atoms with van der Waals surface area (Å²) in [5.74, 6) is -0.657. The highest BCUT2D eigenvalue weighted by Crippen LogP contribution is 2.32. The lowest BCUT2D eigenvalue weighted by molar-refractivity contribution is -0.150. The number of carbonyl (C=O) groups excluding carboxylic acids is 1. The van der Waals surface area contributed by atoms with Crippen molar-refractivity contribution < 1.29 is 22.7 Å². The fourth-order valence-corrected chi connectivity index (χ4v) is 2.34. The molecule has 20 heavy (non-hydrogen) atoms. The molecule has 1 aliphatic carbocycles. The zero-order valence-corrected chi connectivity index (χ0v) is 10.9. The van der Waals surface area contributed by atoms with E-state index in [2.05, 4.69) is 0 Å². The Bertz CT molecular complexity index is 474. The average Bonchev–Trinajstić information content (AvgIpc) is 2.37. The van der Waals surface area contributed by atoms with Crippen molar-refractivity contribution in [1.29, 1.82) is 0 Å². The molecular weight excluding hydrogens is 271 g/mol. The van der Waals surface area contributed by atoms with Crippen molar-refractivity contribution in [3.63, 3.8) is 0 Å². The first kappa shape index (κ1) is 14.8. The Morgan fingerprint density at radius 2 is 2.10 bits per heavy atom. The van der Waals surface area contributed by atoms with E-state index in [1.807, 2.05) is 29.6 Å². The lowest BCUT2D eigenvalue weighted by atomic mass is 9.89. The van der Waals surface area contributed by atoms with Gasteiger partial charge < -0.3 is 4.74 Å². The van der Waals surface area contributed by atoms with Crippen LogP contribution in [0.5, 0.6) is 0 Å². The molecule has 0 spiro atoms. The summed E-state index contributed by atoms with van der Waals surface area (Å²) in [5.41, 5.74) is 2.10. The minimum atomic E-state index is -4.32. The molecular formula is C14H16F3NO2. The Labute approximate surface area is 115 Å². The van der Waals surface area contributed by atoms with Gasteiger partial charge in [-0.25, -0.2) is 0 Å². The monoisotopic (exact) mass is 287 g/mol. The smallest absolute Gasteiger partial charge is 0.401 e. The molecule has 110 valence electrons. The third-order valence-electron chi connectivity index (χ3n) is 3.18. The Morgan fingerprint density at radius 3 is 2.85 bits per heavy atom. The zero-order chi connectivity index (χ0) is 14.6. The molecule has 1 aliphatic rings. The number of halogens is 3. The van der Waals surface area contributed by atoms with E-state index in [4.69, 9.17) is 4.74 Å². The maximum absolute atomic E-state index is 11.9. The first-order valence-corrected chi connectivity index (χ1v) is 6.50. The van der Waals surface area contributed by atoms with E-state index < -0.39 is 25.2 Å². The number of nitrogens with one attached hydrogen (secondary N) is 1. The number of rotatable bonds is 4. The number of aryl methyl sites for hydroxylation is 1. The van der Waals surface area contributed by atoms with Gasteiger partial charge >= 0.3 is 12.1 Å². The van der Waals surface area contributed by atoms with E-state index >= 15 is 0 Å². The van der Waals surface area contributed by atoms with Gasteiger partial charge in [-0.3, -0.25) is 10.1 Å². The lowest BCUT2D eigenvalue weighted by Crippen LogP contribution is -2.34. The molecule has 0 radical (unpaired) electrons. The number of alkyl halides is 3. The molecule has 1 atom stereocenters. The second-order valence-corrected chi connectivity index (χ2v) is 4.79. The maximum atomic E-state index is 11.9. The van der Waals surface area contributed by atoms with Gasteiger partial charge in [0.2, 0.25) is 0 Å². The van der Waals surface area contributed by atoms with E-state index in [-0.39, 0.29) is 6.10 Å². The van der Waals surface area contributed by atoms with Gasteiger partial charge in [0.1, 0.15) is 6.10 Å². The normalized spacial score (nSPS) is 18.4. The van der Waals surface area contributed by atoms with Crippen LogP contribution in [-0.4, -0.2) is 25.2 Å². The quantitative estimate of drug-likeness (QED) is 0.865. The van der Waals surface area contributed by atoms with Crippen LogP contribution in [0.15, 0.2) is 24.3 Å². The molecule has 6 heteroatoms. The van der Waals surface area contributed by atoms with E-state index in [1.165, 1.54) is 0 Å². The topological polar surface area (TPSA) is 38.3 Å². The molecule has 0 heterocycles. The number of hydrogen-bond acceptors (Lipinski definition) is 3. The molecule has 0 saturated heterocycles. The van der Waals surface area contributed by atoms with Crippen LogP contribution in [0.1, 0.15) is 30.1 Å². The van der Waals surface area contributed by atoms with Gasteiger partial charge in [-0.1, -0.05) is 24.3 Å². The summed E-state index contributed by atoms with van der Waals surface area (Å²) >= 11 is 0. The predicted octanol–water partition coefficient (Wildman–Crippen LogP) is 2.76. The van der Waals surface area contributed by atoms with Gasteiger partial charge in [-0.2, -0.15) is 13.2 Å². The highest BCUT2D eigenvalue weighted by Gasteiger charge is 2.27. The van der Waals surface area contributed by atoms with Crippen LogP contribution >= 0.6 is 0 Å². The van der Waals surface area contributed by atoms with Gasteiger partial charge in [-0.15, -0.1) is 0 Å². The fraction of sp³-hybridized carbons (Fsp3) is 0.500. The Hall–Kier alpha value is -1.56. The predicted molar refractivity (Wildman–Crippen MR) is 67.1 cm³/mol. The number of fused-ring (bicyclic) bond motifs is 1. The molecule has 0 fully saturated rings. The standard InChI is InChI=1S/C14H16F3NO2/c15-14(16,17)9-18-8-13(19)20-12-7-3-5-10-4-1-2-6-11(10)12/h1-2,4,6,12,18H,3,5,7-9H2. The molecule has 0 aromatic heterocycles. The van der Waals surface area contributed by atoms with E-state index in [9.17, 15) is 18.0 Å². The minimum absolute atomic E-state index is 0.347. The Balaban J connectivity index is 1.86. The molecule has 2 rings (SSSR count). The van der Waals surface area contributed by atoms with Crippen LogP contribution in [0.2, 0.25) is 0 Å². The van der Waals surface area contributed by atoms with Crippen LogP contribution in [0.4, 0.5) is 13.2 Å². The molecule has 1 aromatic carbocycles. The van der Waals surface area contributed by atoms with Crippen LogP contribution in [0.25, 0.3) is 0 Å². The summed E-state index contributed by atoms with van der Waals surface area (Å²) < 4.78 is 41.1. The Morgan fingerprint density at radius 1 is 1.35 bits per heavy atom. The Kier molecular flexibility index (Phi) is 4.65. The third-order valence-corrected chi connectivity index (χ3v) is 3.18. The number of esters is 1. The summed E-state index contributed by atoms with van der Waals surface area (Å²) in [4.78, 5) is 11.6. The molecule has 1 unspecified atom stereocenters. The van der Waals surface area contributed by atoms with Crippen LogP contribution in [-0.2, 0) is 16.0 Å². The minimum Gasteiger partial charge on any atom is -0.457 e. The largest absolute Gasteiger partial charge is 0.457 e. The van der Waals surface area contributed by atoms with Gasteiger partial charge in [0.15, 0.2) is 0 Å². The van der Waals surface area contributed by atoms with Crippen molar-refractivity contribution in [3.8, 4) is 0 Å². The summed E-state index contributed by atoms with van der Waals surface area (Å²) in [7, 11) is 0. The van der Waals surface area contributed by atoms with Crippen LogP contribution < -0.4 is 5.32 Å². The zero-order valence-electron chi connectivity index (χ0n) is 10.9. The van der Waals surface area contributed by atoms with E-state index in [1.54, 1.807) is 0 Å². The summed E-state index contributed by atoms with van der Waals surface area (Å²) in [6.07, 6.45) is -2.11. The molecule has 0 aliphatic heterocycles. The van der Waals surface area contributed by atoms with Gasteiger partial charge in [0.05, 0.1) is 13.1 Å². The van der Waals surface area contributed by atoms with Crippen molar-refractivity contribution in [3.05, 3.63) is 35.4 Å². The van der Waals surface area contributed by atoms with Gasteiger partial charge in [-0.05, 0) is 30.4 Å². The van der Waals surface area contributed by atoms with Crippen molar-refractivity contribution >= 4 is 5.97 Å². The lowest BCUT2D eigenvalue weighted by Gasteiger charge is -2.25. The van der Waals surface area contributed by atoms with Crippen molar-refractivity contribution in [1.82, 2.24) is 5.32 Å². The van der Waals surface area contributed by atoms with Crippen LogP contribution in [0.3, 0.4) is 0 Å². The fourth-order valence-electron chi connectivity index (χ4n) is 2.34. The highest BCUT2D eigenvalue weighted by molar-refractivity contribution is 5.72. The first-order valence-electron chi connectivity index (χ1n) is 6.50. The molecule has 1 aromatic rings. The van der Waals surface area contributed by atoms with Crippen molar-refractivity contribution in [2.24, 2.45) is 0 Å². The molecule has 0 bridgehead atoms. The number of carbonyl (C=O) groups is 1. The maximum Gasteiger partial charge on any atom is 0.401 e. The molecule has 1 N–H and O–H groups in total. The molecule has 0 amide bonds. The van der Waals surface area contributed by atoms with Gasteiger partial charge in [0.25, 0.3) is 0 Å². The van der Waals surface area contributed by atoms with Crippen LogP contribution in [0, 0.1) is 0 Å². The average molecular weight is 287 g/mol. The highest BCUT2D eigenvalue weighted by atomic mass is 19.4. The first-order chi connectivity index (χ1) is 9.46. The molecule has 0 saturated carbocycles. The number of benzene rings is 1. The van der Waals surface area contributed by atoms with Gasteiger partial charge in [0, 0.05) is 0 Å². The van der Waals surface area contributed by atoms with Crippen molar-refractivity contribution in [2.45, 2.75) is 31.5 Å². The van der Waals surface area contributed by atoms with Crippen molar-refractivity contribution in [2.75, 3.05) is 13.1 Å². The number of ether oxygens (including phenoxy) is 1. The summed E-state index contributed by atoms with van der Waals surface area (Å²) in [5, 5.41) is 2.04. The second kappa shape index (κ2) is 6.26. The third kappa shape index (κ3) is 4.23. The second-order valence-electron chi connectivity index (χ2n) is 4.79. The van der Waals surface area contributed by atoms with E-state index in [0.717, 1.165) is 24.0 Å². The molecule has 3 nitrogen and oxygen atoms in total. The summed E-state index contributed by atoms with van der Waals surface area (Å²) in [6, 6.07) is 7.67. The SMILES string of the molecule is O=C(CNCC(F)(F)F)OC1CCCc2ccccc21. The van der Waals surface area contributed by atoms with E-state index in [0.29, 0.717) is 6.42 Å². The summed E-state index contributed by atoms with van der Waals surface area (Å²) in [6.45, 7) is -1.62. The number of hydrogen-bond donors (Lipinski definition) is 1.